The van der Waals surface area contributed by atoms with Crippen molar-refractivity contribution < 1.29 is 22.6 Å². The van der Waals surface area contributed by atoms with Gasteiger partial charge in [0.05, 0.1) is 11.1 Å². The van der Waals surface area contributed by atoms with Gasteiger partial charge < -0.3 is 14.4 Å². The van der Waals surface area contributed by atoms with Crippen LogP contribution in [-0.2, 0) is 0 Å². The van der Waals surface area contributed by atoms with Gasteiger partial charge in [-0.3, -0.25) is 0 Å². The molecular weight excluding hydrogens is 351 g/mol. The Balaban J connectivity index is 1.77. The minimum atomic E-state index is -4.69. The Bertz CT molecular complexity index is 462. The SMILES string of the molecule is FC(F)(F)Oc1ccc(OCCCN2CCCC2)cc1Br. The van der Waals surface area contributed by atoms with Crippen molar-refractivity contribution >= 4 is 15.9 Å². The molecule has 7 heteroatoms. The van der Waals surface area contributed by atoms with Crippen LogP contribution in [0.2, 0.25) is 0 Å². The average Bonchev–Trinajstić information content (AvgIpc) is 2.89. The summed E-state index contributed by atoms with van der Waals surface area (Å²) in [5, 5.41) is 0. The molecule has 3 nitrogen and oxygen atoms in total. The third-order valence-corrected chi connectivity index (χ3v) is 3.83. The van der Waals surface area contributed by atoms with Crippen molar-refractivity contribution in [2.45, 2.75) is 25.6 Å². The van der Waals surface area contributed by atoms with Gasteiger partial charge in [-0.1, -0.05) is 0 Å². The van der Waals surface area contributed by atoms with Crippen LogP contribution in [0.1, 0.15) is 19.3 Å². The van der Waals surface area contributed by atoms with Crippen LogP contribution in [0.25, 0.3) is 0 Å². The summed E-state index contributed by atoms with van der Waals surface area (Å²) in [5.74, 6) is 0.254. The fourth-order valence-electron chi connectivity index (χ4n) is 2.26. The number of likely N-dealkylation sites (tertiary alicyclic amines) is 1. The molecule has 0 spiro atoms. The van der Waals surface area contributed by atoms with E-state index in [1.807, 2.05) is 0 Å². The molecule has 0 N–H and O–H groups in total. The van der Waals surface area contributed by atoms with Gasteiger partial charge in [0.15, 0.2) is 0 Å². The minimum Gasteiger partial charge on any atom is -0.494 e. The van der Waals surface area contributed by atoms with E-state index in [1.165, 1.54) is 31.0 Å². The molecule has 0 aliphatic carbocycles. The number of benzene rings is 1. The molecule has 2 rings (SSSR count). The van der Waals surface area contributed by atoms with Crippen molar-refractivity contribution in [3.63, 3.8) is 0 Å². The van der Waals surface area contributed by atoms with Crippen LogP contribution in [0.15, 0.2) is 22.7 Å². The van der Waals surface area contributed by atoms with E-state index in [2.05, 4.69) is 25.6 Å². The predicted octanol–water partition coefficient (Wildman–Crippen LogP) is 4.21. The Labute approximate surface area is 130 Å². The second-order valence-corrected chi connectivity index (χ2v) is 5.75. The normalized spacial score (nSPS) is 16.2. The summed E-state index contributed by atoms with van der Waals surface area (Å²) in [5.41, 5.74) is 0. The minimum absolute atomic E-state index is 0.219. The summed E-state index contributed by atoms with van der Waals surface area (Å²) in [4.78, 5) is 2.39. The number of hydrogen-bond donors (Lipinski definition) is 0. The average molecular weight is 368 g/mol. The van der Waals surface area contributed by atoms with Crippen molar-refractivity contribution in [2.24, 2.45) is 0 Å². The highest BCUT2D eigenvalue weighted by Gasteiger charge is 2.31. The maximum absolute atomic E-state index is 12.1. The zero-order valence-electron chi connectivity index (χ0n) is 11.5. The number of halogens is 4. The quantitative estimate of drug-likeness (QED) is 0.703. The van der Waals surface area contributed by atoms with Crippen LogP contribution < -0.4 is 9.47 Å². The Morgan fingerprint density at radius 1 is 1.19 bits per heavy atom. The van der Waals surface area contributed by atoms with E-state index in [0.29, 0.717) is 12.4 Å². The highest BCUT2D eigenvalue weighted by molar-refractivity contribution is 9.10. The summed E-state index contributed by atoms with van der Waals surface area (Å²) >= 11 is 3.05. The molecule has 21 heavy (non-hydrogen) atoms. The van der Waals surface area contributed by atoms with Gasteiger partial charge in [-0.25, -0.2) is 0 Å². The van der Waals surface area contributed by atoms with E-state index in [0.717, 1.165) is 26.1 Å². The lowest BCUT2D eigenvalue weighted by Crippen LogP contribution is -2.21. The molecule has 0 amide bonds. The van der Waals surface area contributed by atoms with Crippen molar-refractivity contribution in [2.75, 3.05) is 26.2 Å². The molecule has 1 aromatic rings. The van der Waals surface area contributed by atoms with Gasteiger partial charge in [0.25, 0.3) is 0 Å². The fraction of sp³-hybridized carbons (Fsp3) is 0.571. The highest BCUT2D eigenvalue weighted by Crippen LogP contribution is 2.33. The first-order chi connectivity index (χ1) is 9.94. The van der Waals surface area contributed by atoms with Gasteiger partial charge in [0.1, 0.15) is 11.5 Å². The molecule has 118 valence electrons. The van der Waals surface area contributed by atoms with Gasteiger partial charge in [0, 0.05) is 6.54 Å². The monoisotopic (exact) mass is 367 g/mol. The van der Waals surface area contributed by atoms with Crippen molar-refractivity contribution in [1.29, 1.82) is 0 Å². The van der Waals surface area contributed by atoms with Crippen LogP contribution in [0.5, 0.6) is 11.5 Å². The van der Waals surface area contributed by atoms with E-state index in [-0.39, 0.29) is 10.2 Å². The number of alkyl halides is 3. The zero-order valence-corrected chi connectivity index (χ0v) is 13.0. The first-order valence-electron chi connectivity index (χ1n) is 6.84. The van der Waals surface area contributed by atoms with Crippen LogP contribution in [0.3, 0.4) is 0 Å². The molecule has 0 unspecified atom stereocenters. The summed E-state index contributed by atoms with van der Waals surface area (Å²) in [7, 11) is 0. The fourth-order valence-corrected chi connectivity index (χ4v) is 2.70. The topological polar surface area (TPSA) is 21.7 Å². The third-order valence-electron chi connectivity index (χ3n) is 3.22. The standard InChI is InChI=1S/C14H17BrF3NO2/c15-12-10-11(4-5-13(12)21-14(16,17)18)20-9-3-8-19-6-1-2-7-19/h4-5,10H,1-3,6-9H2. The highest BCUT2D eigenvalue weighted by atomic mass is 79.9. The molecule has 0 aromatic heterocycles. The Morgan fingerprint density at radius 2 is 1.90 bits per heavy atom. The Morgan fingerprint density at radius 3 is 2.52 bits per heavy atom. The van der Waals surface area contributed by atoms with E-state index in [1.54, 1.807) is 0 Å². The molecule has 1 aliphatic rings. The van der Waals surface area contributed by atoms with Crippen LogP contribution in [0.4, 0.5) is 13.2 Å². The molecule has 1 heterocycles. The van der Waals surface area contributed by atoms with E-state index < -0.39 is 6.36 Å². The number of rotatable bonds is 6. The Kier molecular flexibility index (Phi) is 5.75. The molecular formula is C14H17BrF3NO2. The van der Waals surface area contributed by atoms with Crippen LogP contribution >= 0.6 is 15.9 Å². The van der Waals surface area contributed by atoms with E-state index in [9.17, 15) is 13.2 Å². The second kappa shape index (κ2) is 7.35. The molecule has 0 radical (unpaired) electrons. The first kappa shape index (κ1) is 16.4. The van der Waals surface area contributed by atoms with Gasteiger partial charge in [-0.15, -0.1) is 13.2 Å². The first-order valence-corrected chi connectivity index (χ1v) is 7.64. The van der Waals surface area contributed by atoms with Gasteiger partial charge in [-0.05, 0) is 66.5 Å². The van der Waals surface area contributed by atoms with E-state index >= 15 is 0 Å². The van der Waals surface area contributed by atoms with Gasteiger partial charge in [-0.2, -0.15) is 0 Å². The summed E-state index contributed by atoms with van der Waals surface area (Å²) in [6.45, 7) is 3.84. The van der Waals surface area contributed by atoms with Gasteiger partial charge in [0.2, 0.25) is 0 Å². The molecule has 0 atom stereocenters. The maximum Gasteiger partial charge on any atom is 0.573 e. The summed E-state index contributed by atoms with van der Waals surface area (Å²) in [6, 6.07) is 4.20. The smallest absolute Gasteiger partial charge is 0.494 e. The number of ether oxygens (including phenoxy) is 2. The number of nitrogens with zero attached hydrogens (tertiary/aromatic N) is 1. The molecule has 1 saturated heterocycles. The molecule has 0 bridgehead atoms. The summed E-state index contributed by atoms with van der Waals surface area (Å²) < 4.78 is 46.0. The van der Waals surface area contributed by atoms with E-state index in [4.69, 9.17) is 4.74 Å². The molecule has 1 aliphatic heterocycles. The lowest BCUT2D eigenvalue weighted by Gasteiger charge is -2.15. The lowest BCUT2D eigenvalue weighted by atomic mass is 10.3. The molecule has 0 saturated carbocycles. The largest absolute Gasteiger partial charge is 0.573 e. The van der Waals surface area contributed by atoms with Crippen molar-refractivity contribution in [3.8, 4) is 11.5 Å². The van der Waals surface area contributed by atoms with Crippen LogP contribution in [-0.4, -0.2) is 37.5 Å². The second-order valence-electron chi connectivity index (χ2n) is 4.89. The Hall–Kier alpha value is -0.950. The summed E-state index contributed by atoms with van der Waals surface area (Å²) in [6.07, 6.45) is -1.28. The lowest BCUT2D eigenvalue weighted by molar-refractivity contribution is -0.274. The van der Waals surface area contributed by atoms with Crippen LogP contribution in [0, 0.1) is 0 Å². The zero-order chi connectivity index (χ0) is 15.3. The number of hydrogen-bond acceptors (Lipinski definition) is 3. The van der Waals surface area contributed by atoms with Crippen molar-refractivity contribution in [3.05, 3.63) is 22.7 Å². The molecule has 1 fully saturated rings. The van der Waals surface area contributed by atoms with Crippen molar-refractivity contribution in [1.82, 2.24) is 4.90 Å². The molecule has 1 aromatic carbocycles. The maximum atomic E-state index is 12.1. The van der Waals surface area contributed by atoms with Gasteiger partial charge >= 0.3 is 6.36 Å². The predicted molar refractivity (Wildman–Crippen MR) is 76.6 cm³/mol. The third kappa shape index (κ3) is 5.74.